The number of nitrogens with zero attached hydrogens (tertiary/aromatic N) is 3. The number of ether oxygens (including phenoxy) is 1. The molecule has 4 aromatic rings. The molecule has 3 heterocycles. The highest BCUT2D eigenvalue weighted by molar-refractivity contribution is 6.31. The summed E-state index contributed by atoms with van der Waals surface area (Å²) in [5.74, 6) is -0.208. The Morgan fingerprint density at radius 2 is 1.83 bits per heavy atom. The first-order valence-electron chi connectivity index (χ1n) is 13.3. The van der Waals surface area contributed by atoms with Gasteiger partial charge in [0.15, 0.2) is 0 Å². The predicted molar refractivity (Wildman–Crippen MR) is 154 cm³/mol. The van der Waals surface area contributed by atoms with E-state index >= 15 is 0 Å². The summed E-state index contributed by atoms with van der Waals surface area (Å²) >= 11 is 12.3. The van der Waals surface area contributed by atoms with E-state index in [4.69, 9.17) is 32.5 Å². The number of carbonyl (C=O) groups is 2. The molecule has 0 saturated carbocycles. The molecule has 0 unspecified atom stereocenters. The van der Waals surface area contributed by atoms with Crippen molar-refractivity contribution >= 4 is 40.7 Å². The number of carbonyl (C=O) groups excluding carboxylic acids is 2. The Balaban J connectivity index is 1.28. The number of aromatic nitrogens is 1. The average Bonchev–Trinajstić information content (AvgIpc) is 3.46. The van der Waals surface area contributed by atoms with Crippen LogP contribution in [0.5, 0.6) is 5.75 Å². The minimum Gasteiger partial charge on any atom is -0.488 e. The largest absolute Gasteiger partial charge is 0.488 e. The number of piperidine rings is 2. The molecular formula is C31H26Cl2FN3O4. The summed E-state index contributed by atoms with van der Waals surface area (Å²) in [6.45, 7) is 0.993. The quantitative estimate of drug-likeness (QED) is 0.252. The topological polar surface area (TPSA) is 75.9 Å². The second kappa shape index (κ2) is 11.2. The molecule has 2 saturated heterocycles. The minimum absolute atomic E-state index is 0.0332. The Labute approximate surface area is 246 Å². The molecule has 210 valence electrons. The lowest BCUT2D eigenvalue weighted by Crippen LogP contribution is -2.61. The average molecular weight is 594 g/mol. The van der Waals surface area contributed by atoms with Crippen molar-refractivity contribution in [3.8, 4) is 17.0 Å². The minimum atomic E-state index is -0.875. The van der Waals surface area contributed by atoms with Gasteiger partial charge in [0.2, 0.25) is 11.7 Å². The third-order valence-corrected chi connectivity index (χ3v) is 8.13. The second-order valence-electron chi connectivity index (χ2n) is 10.5. The van der Waals surface area contributed by atoms with Gasteiger partial charge in [0, 0.05) is 46.9 Å². The van der Waals surface area contributed by atoms with E-state index in [0.717, 1.165) is 0 Å². The summed E-state index contributed by atoms with van der Waals surface area (Å²) in [4.78, 5) is 31.1. The van der Waals surface area contributed by atoms with Crippen LogP contribution in [0.1, 0.15) is 29.8 Å². The van der Waals surface area contributed by atoms with Crippen molar-refractivity contribution in [1.82, 2.24) is 10.1 Å². The van der Waals surface area contributed by atoms with E-state index in [0.29, 0.717) is 65.1 Å². The fraction of sp³-hybridized carbons (Fsp3) is 0.258. The van der Waals surface area contributed by atoms with Crippen LogP contribution in [0.15, 0.2) is 83.4 Å². The van der Waals surface area contributed by atoms with Crippen molar-refractivity contribution in [2.45, 2.75) is 25.4 Å². The number of rotatable bonds is 5. The number of amides is 2. The summed E-state index contributed by atoms with van der Waals surface area (Å²) in [7, 11) is 0. The van der Waals surface area contributed by atoms with Crippen LogP contribution in [0.4, 0.5) is 10.1 Å². The van der Waals surface area contributed by atoms with E-state index in [1.807, 2.05) is 24.3 Å². The third kappa shape index (κ3) is 5.67. The Hall–Kier alpha value is -3.88. The highest BCUT2D eigenvalue weighted by Gasteiger charge is 2.51. The normalized spacial score (nSPS) is 20.9. The van der Waals surface area contributed by atoms with Gasteiger partial charge in [-0.25, -0.2) is 4.39 Å². The fourth-order valence-corrected chi connectivity index (χ4v) is 6.08. The number of halogens is 3. The van der Waals surface area contributed by atoms with Crippen molar-refractivity contribution in [2.75, 3.05) is 24.5 Å². The fourth-order valence-electron chi connectivity index (χ4n) is 5.78. The van der Waals surface area contributed by atoms with Gasteiger partial charge in [-0.15, -0.1) is 0 Å². The van der Waals surface area contributed by atoms with Gasteiger partial charge in [0.25, 0.3) is 5.91 Å². The van der Waals surface area contributed by atoms with E-state index in [9.17, 15) is 14.0 Å². The molecule has 2 aliphatic rings. The maximum Gasteiger partial charge on any atom is 0.292 e. The van der Waals surface area contributed by atoms with E-state index < -0.39 is 11.2 Å². The molecule has 3 aromatic carbocycles. The van der Waals surface area contributed by atoms with Gasteiger partial charge in [0.05, 0.1) is 12.0 Å². The zero-order chi connectivity index (χ0) is 28.6. The maximum absolute atomic E-state index is 14.2. The van der Waals surface area contributed by atoms with Gasteiger partial charge < -0.3 is 19.1 Å². The Morgan fingerprint density at radius 1 is 1.02 bits per heavy atom. The van der Waals surface area contributed by atoms with Crippen molar-refractivity contribution in [1.29, 1.82) is 0 Å². The van der Waals surface area contributed by atoms with Crippen LogP contribution in [0.25, 0.3) is 11.3 Å². The van der Waals surface area contributed by atoms with Crippen LogP contribution in [0, 0.1) is 11.2 Å². The highest BCUT2D eigenvalue weighted by Crippen LogP contribution is 2.43. The van der Waals surface area contributed by atoms with E-state index in [-0.39, 0.29) is 30.2 Å². The van der Waals surface area contributed by atoms with Crippen LogP contribution in [-0.2, 0) is 4.79 Å². The summed E-state index contributed by atoms with van der Waals surface area (Å²) in [5.41, 5.74) is 0.694. The molecule has 1 spiro atoms. The van der Waals surface area contributed by atoms with Crippen LogP contribution in [0.3, 0.4) is 0 Å². The molecule has 2 aliphatic heterocycles. The van der Waals surface area contributed by atoms with Gasteiger partial charge in [-0.2, -0.15) is 0 Å². The molecule has 0 aliphatic carbocycles. The van der Waals surface area contributed by atoms with Gasteiger partial charge in [-0.1, -0.05) is 46.6 Å². The third-order valence-electron chi connectivity index (χ3n) is 7.65. The number of hydrogen-bond acceptors (Lipinski definition) is 5. The summed E-state index contributed by atoms with van der Waals surface area (Å²) in [5, 5.41) is 5.10. The van der Waals surface area contributed by atoms with Crippen molar-refractivity contribution in [3.05, 3.63) is 100 Å². The SMILES string of the molecule is O=C(c1cc(-c2cccc(F)c2)no1)N1CCC[C@@]2(C[C@@H](Oc3cccc(Cl)c3)CN(c3ccc(Cl)cc3)C2=O)C1. The maximum atomic E-state index is 14.2. The van der Waals surface area contributed by atoms with Crippen LogP contribution >= 0.6 is 23.2 Å². The molecule has 2 fully saturated rings. The van der Waals surface area contributed by atoms with E-state index in [1.54, 1.807) is 46.2 Å². The van der Waals surface area contributed by atoms with Crippen LogP contribution in [-0.4, -0.2) is 47.6 Å². The Bertz CT molecular complexity index is 1590. The predicted octanol–water partition coefficient (Wildman–Crippen LogP) is 6.89. The van der Waals surface area contributed by atoms with Gasteiger partial charge in [-0.3, -0.25) is 9.59 Å². The lowest BCUT2D eigenvalue weighted by molar-refractivity contribution is -0.136. The molecule has 41 heavy (non-hydrogen) atoms. The van der Waals surface area contributed by atoms with Gasteiger partial charge in [-0.05, 0) is 67.4 Å². The van der Waals surface area contributed by atoms with Crippen molar-refractivity contribution in [2.24, 2.45) is 5.41 Å². The smallest absolute Gasteiger partial charge is 0.292 e. The Morgan fingerprint density at radius 3 is 2.61 bits per heavy atom. The number of anilines is 1. The van der Waals surface area contributed by atoms with Crippen LogP contribution < -0.4 is 9.64 Å². The second-order valence-corrected chi connectivity index (χ2v) is 11.4. The van der Waals surface area contributed by atoms with E-state index in [1.165, 1.54) is 18.2 Å². The molecule has 2 amide bonds. The monoisotopic (exact) mass is 593 g/mol. The lowest BCUT2D eigenvalue weighted by Gasteiger charge is -2.49. The molecule has 7 nitrogen and oxygen atoms in total. The summed E-state index contributed by atoms with van der Waals surface area (Å²) in [6.07, 6.45) is 1.31. The molecule has 10 heteroatoms. The van der Waals surface area contributed by atoms with Crippen LogP contribution in [0.2, 0.25) is 10.0 Å². The number of hydrogen-bond donors (Lipinski definition) is 0. The molecular weight excluding hydrogens is 568 g/mol. The molecule has 0 N–H and O–H groups in total. The molecule has 2 atom stereocenters. The molecule has 0 bridgehead atoms. The number of benzene rings is 3. The zero-order valence-electron chi connectivity index (χ0n) is 21.9. The lowest BCUT2D eigenvalue weighted by atomic mass is 9.71. The standard InChI is InChI=1S/C31H26Cl2FN3O4/c32-21-8-10-24(11-9-21)37-18-26(40-25-7-2-5-22(33)15-25)17-31(30(37)39)12-3-13-36(19-31)29(38)28-16-27(35-41-28)20-4-1-6-23(34)14-20/h1-2,4-11,14-16,26H,3,12-13,17-19H2/t26-,31-/m1/s1. The van der Waals surface area contributed by atoms with Gasteiger partial charge >= 0.3 is 0 Å². The number of likely N-dealkylation sites (tertiary alicyclic amines) is 1. The first-order valence-corrected chi connectivity index (χ1v) is 14.1. The summed E-state index contributed by atoms with van der Waals surface area (Å²) in [6, 6.07) is 21.7. The summed E-state index contributed by atoms with van der Waals surface area (Å²) < 4.78 is 25.5. The molecule has 6 rings (SSSR count). The highest BCUT2D eigenvalue weighted by atomic mass is 35.5. The molecule has 0 radical (unpaired) electrons. The van der Waals surface area contributed by atoms with E-state index in [2.05, 4.69) is 5.16 Å². The van der Waals surface area contributed by atoms with Crippen molar-refractivity contribution in [3.63, 3.8) is 0 Å². The Kier molecular flexibility index (Phi) is 7.45. The van der Waals surface area contributed by atoms with Gasteiger partial charge in [0.1, 0.15) is 23.4 Å². The first kappa shape index (κ1) is 27.3. The molecule has 1 aromatic heterocycles. The van der Waals surface area contributed by atoms with Crippen molar-refractivity contribution < 1.29 is 23.2 Å². The zero-order valence-corrected chi connectivity index (χ0v) is 23.4. The first-order chi connectivity index (χ1) is 19.8.